The van der Waals surface area contributed by atoms with Crippen LogP contribution >= 0.6 is 0 Å². The Labute approximate surface area is 163 Å². The van der Waals surface area contributed by atoms with Crippen molar-refractivity contribution < 1.29 is 14.3 Å². The number of hydrogen-bond acceptors (Lipinski definition) is 6. The van der Waals surface area contributed by atoms with Crippen molar-refractivity contribution in [2.45, 2.75) is 6.42 Å². The number of anilines is 2. The number of carbonyl (C=O) groups excluding carboxylic acids is 2. The maximum Gasteiger partial charge on any atom is 0.251 e. The van der Waals surface area contributed by atoms with Gasteiger partial charge < -0.3 is 15.4 Å². The highest BCUT2D eigenvalue weighted by Crippen LogP contribution is 2.26. The molecule has 2 amide bonds. The van der Waals surface area contributed by atoms with E-state index in [1.807, 2.05) is 0 Å². The summed E-state index contributed by atoms with van der Waals surface area (Å²) in [6.45, 7) is 3.38. The first-order valence-electron chi connectivity index (χ1n) is 9.51. The van der Waals surface area contributed by atoms with Crippen LogP contribution in [0.1, 0.15) is 16.8 Å². The predicted molar refractivity (Wildman–Crippen MR) is 103 cm³/mol. The van der Waals surface area contributed by atoms with Crippen LogP contribution in [-0.4, -0.2) is 54.9 Å². The Morgan fingerprint density at radius 1 is 1.21 bits per heavy atom. The molecule has 2 aliphatic heterocycles. The highest BCUT2D eigenvalue weighted by molar-refractivity contribution is 6.02. The van der Waals surface area contributed by atoms with Crippen LogP contribution in [0.15, 0.2) is 42.6 Å². The Morgan fingerprint density at radius 3 is 2.64 bits per heavy atom. The maximum absolute atomic E-state index is 12.9. The summed E-state index contributed by atoms with van der Waals surface area (Å²) in [5, 5.41) is 14.0. The van der Waals surface area contributed by atoms with Gasteiger partial charge >= 0.3 is 0 Å². The third kappa shape index (κ3) is 4.02. The lowest BCUT2D eigenvalue weighted by Crippen LogP contribution is -2.51. The minimum atomic E-state index is -0.126. The molecule has 0 aliphatic carbocycles. The smallest absolute Gasteiger partial charge is 0.251 e. The lowest BCUT2D eigenvalue weighted by molar-refractivity contribution is -0.123. The summed E-state index contributed by atoms with van der Waals surface area (Å²) >= 11 is 0. The normalized spacial score (nSPS) is 19.1. The molecule has 0 radical (unpaired) electrons. The molecule has 0 bridgehead atoms. The SMILES string of the molecule is O=C(NCC1CCOC1)c1ccc(N(C(=O)C2CNC2)c2cccnn2)cc1. The average molecular weight is 381 g/mol. The van der Waals surface area contributed by atoms with Crippen LogP contribution in [-0.2, 0) is 9.53 Å². The fraction of sp³-hybridized carbons (Fsp3) is 0.400. The van der Waals surface area contributed by atoms with E-state index in [4.69, 9.17) is 4.74 Å². The Morgan fingerprint density at radius 2 is 2.04 bits per heavy atom. The number of hydrogen-bond donors (Lipinski definition) is 2. The van der Waals surface area contributed by atoms with Crippen molar-refractivity contribution in [2.75, 3.05) is 37.7 Å². The average Bonchev–Trinajstić information content (AvgIpc) is 3.20. The van der Waals surface area contributed by atoms with Crippen LogP contribution in [0.25, 0.3) is 0 Å². The Bertz CT molecular complexity index is 817. The molecule has 3 heterocycles. The summed E-state index contributed by atoms with van der Waals surface area (Å²) in [5.41, 5.74) is 1.22. The van der Waals surface area contributed by atoms with Crippen molar-refractivity contribution in [3.8, 4) is 0 Å². The van der Waals surface area contributed by atoms with Gasteiger partial charge in [-0.25, -0.2) is 0 Å². The zero-order valence-corrected chi connectivity index (χ0v) is 15.5. The third-order valence-electron chi connectivity index (χ3n) is 5.10. The molecule has 4 rings (SSSR count). The fourth-order valence-corrected chi connectivity index (χ4v) is 3.28. The summed E-state index contributed by atoms with van der Waals surface area (Å²) in [4.78, 5) is 26.9. The minimum absolute atomic E-state index is 0.0299. The standard InChI is InChI=1S/C20H23N5O3/c26-19(22-10-14-7-9-28-13-14)15-3-5-17(6-4-15)25(18-2-1-8-23-24-18)20(27)16-11-21-12-16/h1-6,8,14,16,21H,7,9-13H2,(H,22,26). The number of nitrogens with one attached hydrogen (secondary N) is 2. The maximum atomic E-state index is 12.9. The first kappa shape index (κ1) is 18.5. The second kappa shape index (κ2) is 8.45. The molecular formula is C20H23N5O3. The molecule has 1 atom stereocenters. The van der Waals surface area contributed by atoms with E-state index in [9.17, 15) is 9.59 Å². The number of rotatable bonds is 6. The van der Waals surface area contributed by atoms with E-state index < -0.39 is 0 Å². The molecule has 2 N–H and O–H groups in total. The Balaban J connectivity index is 1.49. The van der Waals surface area contributed by atoms with Crippen molar-refractivity contribution in [3.05, 3.63) is 48.2 Å². The molecule has 1 aromatic carbocycles. The highest BCUT2D eigenvalue weighted by Gasteiger charge is 2.31. The van der Waals surface area contributed by atoms with Crippen LogP contribution < -0.4 is 15.5 Å². The molecule has 8 nitrogen and oxygen atoms in total. The predicted octanol–water partition coefficient (Wildman–Crippen LogP) is 1.13. The summed E-state index contributed by atoms with van der Waals surface area (Å²) < 4.78 is 5.33. The van der Waals surface area contributed by atoms with Crippen molar-refractivity contribution >= 4 is 23.3 Å². The third-order valence-corrected chi connectivity index (χ3v) is 5.10. The molecule has 1 aromatic heterocycles. The molecular weight excluding hydrogens is 358 g/mol. The number of nitrogens with zero attached hydrogens (tertiary/aromatic N) is 3. The van der Waals surface area contributed by atoms with Crippen LogP contribution in [0, 0.1) is 11.8 Å². The van der Waals surface area contributed by atoms with Crippen molar-refractivity contribution in [2.24, 2.45) is 11.8 Å². The van der Waals surface area contributed by atoms with E-state index in [0.29, 0.717) is 49.2 Å². The van der Waals surface area contributed by atoms with Gasteiger partial charge in [0.25, 0.3) is 5.91 Å². The second-order valence-corrected chi connectivity index (χ2v) is 7.10. The van der Waals surface area contributed by atoms with Crippen molar-refractivity contribution in [3.63, 3.8) is 0 Å². The lowest BCUT2D eigenvalue weighted by Gasteiger charge is -2.31. The van der Waals surface area contributed by atoms with Gasteiger partial charge in [-0.15, -0.1) is 5.10 Å². The highest BCUT2D eigenvalue weighted by atomic mass is 16.5. The van der Waals surface area contributed by atoms with E-state index in [0.717, 1.165) is 13.0 Å². The van der Waals surface area contributed by atoms with E-state index in [1.54, 1.807) is 47.5 Å². The van der Waals surface area contributed by atoms with E-state index >= 15 is 0 Å². The number of aromatic nitrogens is 2. The van der Waals surface area contributed by atoms with Gasteiger partial charge in [-0.05, 0) is 42.8 Å². The van der Waals surface area contributed by atoms with Gasteiger partial charge in [0.15, 0.2) is 5.82 Å². The largest absolute Gasteiger partial charge is 0.381 e. The van der Waals surface area contributed by atoms with E-state index in [2.05, 4.69) is 20.8 Å². The number of amides is 2. The topological polar surface area (TPSA) is 96.5 Å². The fourth-order valence-electron chi connectivity index (χ4n) is 3.28. The summed E-state index contributed by atoms with van der Waals surface area (Å²) in [6, 6.07) is 10.5. The number of ether oxygens (including phenoxy) is 1. The van der Waals surface area contributed by atoms with Crippen molar-refractivity contribution in [1.82, 2.24) is 20.8 Å². The zero-order valence-electron chi connectivity index (χ0n) is 15.5. The molecule has 2 aliphatic rings. The zero-order chi connectivity index (χ0) is 19.3. The van der Waals surface area contributed by atoms with Crippen LogP contribution in [0.5, 0.6) is 0 Å². The van der Waals surface area contributed by atoms with E-state index in [1.165, 1.54) is 0 Å². The lowest BCUT2D eigenvalue weighted by atomic mass is 10.0. The van der Waals surface area contributed by atoms with Gasteiger partial charge in [0, 0.05) is 43.9 Å². The molecule has 28 heavy (non-hydrogen) atoms. The number of benzene rings is 1. The molecule has 0 saturated carbocycles. The van der Waals surface area contributed by atoms with Crippen LogP contribution in [0.4, 0.5) is 11.5 Å². The molecule has 2 fully saturated rings. The second-order valence-electron chi connectivity index (χ2n) is 7.10. The molecule has 1 unspecified atom stereocenters. The molecule has 8 heteroatoms. The Kier molecular flexibility index (Phi) is 5.59. The van der Waals surface area contributed by atoms with Gasteiger partial charge in [0.05, 0.1) is 18.2 Å². The summed E-state index contributed by atoms with van der Waals surface area (Å²) in [7, 11) is 0. The first-order valence-corrected chi connectivity index (χ1v) is 9.51. The van der Waals surface area contributed by atoms with Crippen molar-refractivity contribution in [1.29, 1.82) is 0 Å². The summed E-state index contributed by atoms with van der Waals surface area (Å²) in [6.07, 6.45) is 2.55. The van der Waals surface area contributed by atoms with Gasteiger partial charge in [-0.2, -0.15) is 5.10 Å². The quantitative estimate of drug-likeness (QED) is 0.779. The molecule has 2 saturated heterocycles. The first-order chi connectivity index (χ1) is 13.7. The summed E-state index contributed by atoms with van der Waals surface area (Å²) in [5.74, 6) is 0.609. The van der Waals surface area contributed by atoms with Gasteiger partial charge in [-0.1, -0.05) is 0 Å². The number of carbonyl (C=O) groups is 2. The van der Waals surface area contributed by atoms with Gasteiger partial charge in [-0.3, -0.25) is 14.5 Å². The molecule has 0 spiro atoms. The minimum Gasteiger partial charge on any atom is -0.381 e. The monoisotopic (exact) mass is 381 g/mol. The van der Waals surface area contributed by atoms with Gasteiger partial charge in [0.2, 0.25) is 5.91 Å². The Hall–Kier alpha value is -2.84. The molecule has 2 aromatic rings. The van der Waals surface area contributed by atoms with Crippen LogP contribution in [0.3, 0.4) is 0 Å². The van der Waals surface area contributed by atoms with Crippen LogP contribution in [0.2, 0.25) is 0 Å². The molecule has 146 valence electrons. The van der Waals surface area contributed by atoms with Gasteiger partial charge in [0.1, 0.15) is 0 Å². The van der Waals surface area contributed by atoms with E-state index in [-0.39, 0.29) is 17.7 Å².